The van der Waals surface area contributed by atoms with Crippen LogP contribution in [0, 0.1) is 0 Å². The molecule has 2 aromatic heterocycles. The number of benzene rings is 2. The first kappa shape index (κ1) is 21.5. The number of sulfonamides is 1. The summed E-state index contributed by atoms with van der Waals surface area (Å²) < 4.78 is 33.4. The zero-order valence-electron chi connectivity index (χ0n) is 17.6. The highest BCUT2D eigenvalue weighted by Crippen LogP contribution is 2.29. The van der Waals surface area contributed by atoms with Crippen LogP contribution < -0.4 is 15.6 Å². The van der Waals surface area contributed by atoms with Crippen molar-refractivity contribution in [3.05, 3.63) is 64.6 Å². The lowest BCUT2D eigenvalue weighted by Gasteiger charge is -2.16. The molecule has 2 heterocycles. The molecule has 0 atom stereocenters. The van der Waals surface area contributed by atoms with Gasteiger partial charge in [0.1, 0.15) is 21.9 Å². The number of nitrogens with zero attached hydrogens (tertiary/aromatic N) is 3. The lowest BCUT2D eigenvalue weighted by molar-refractivity contribution is 0.102. The van der Waals surface area contributed by atoms with E-state index in [1.165, 1.54) is 36.9 Å². The van der Waals surface area contributed by atoms with Gasteiger partial charge in [0.2, 0.25) is 10.0 Å². The number of H-pyrrole nitrogens is 1. The number of fused-ring (bicyclic) bond motifs is 3. The molecule has 10 nitrogen and oxygen atoms in total. The minimum Gasteiger partial charge on any atom is -0.492 e. The predicted molar refractivity (Wildman–Crippen MR) is 120 cm³/mol. The van der Waals surface area contributed by atoms with Crippen molar-refractivity contribution < 1.29 is 17.9 Å². The number of anilines is 1. The Morgan fingerprint density at radius 2 is 1.97 bits per heavy atom. The number of carbonyl (C=O) groups is 1. The Balaban J connectivity index is 1.75. The van der Waals surface area contributed by atoms with Crippen LogP contribution in [0.4, 0.5) is 5.69 Å². The van der Waals surface area contributed by atoms with Crippen LogP contribution >= 0.6 is 0 Å². The molecule has 0 saturated carbocycles. The summed E-state index contributed by atoms with van der Waals surface area (Å²) in [6.07, 6.45) is 1.35. The van der Waals surface area contributed by atoms with Gasteiger partial charge in [-0.15, -0.1) is 0 Å². The Labute approximate surface area is 183 Å². The summed E-state index contributed by atoms with van der Waals surface area (Å²) in [5.41, 5.74) is 0.840. The van der Waals surface area contributed by atoms with Gasteiger partial charge in [0.05, 0.1) is 23.7 Å². The Morgan fingerprint density at radius 1 is 1.22 bits per heavy atom. The molecule has 11 heteroatoms. The number of hydrogen-bond acceptors (Lipinski definition) is 6. The van der Waals surface area contributed by atoms with Gasteiger partial charge >= 0.3 is 0 Å². The van der Waals surface area contributed by atoms with E-state index in [0.717, 1.165) is 4.31 Å². The van der Waals surface area contributed by atoms with Gasteiger partial charge in [-0.2, -0.15) is 5.10 Å². The molecular weight excluding hydrogens is 434 g/mol. The summed E-state index contributed by atoms with van der Waals surface area (Å²) in [5.74, 6) is -0.366. The van der Waals surface area contributed by atoms with Crippen molar-refractivity contribution in [3.63, 3.8) is 0 Å². The number of carbonyl (C=O) groups excluding carboxylic acids is 1. The molecule has 1 amide bonds. The van der Waals surface area contributed by atoms with Crippen molar-refractivity contribution in [1.82, 2.24) is 18.9 Å². The number of amides is 1. The Morgan fingerprint density at radius 3 is 2.69 bits per heavy atom. The number of nitrogens with one attached hydrogen (secondary N) is 2. The van der Waals surface area contributed by atoms with E-state index in [4.69, 9.17) is 4.74 Å². The normalized spacial score (nSPS) is 11.9. The van der Waals surface area contributed by atoms with Gasteiger partial charge in [0.15, 0.2) is 0 Å². The van der Waals surface area contributed by atoms with E-state index >= 15 is 0 Å². The number of aromatic amines is 1. The molecule has 0 aliphatic carbocycles. The minimum absolute atomic E-state index is 0.0681. The monoisotopic (exact) mass is 455 g/mol. The van der Waals surface area contributed by atoms with Crippen molar-refractivity contribution in [1.29, 1.82) is 0 Å². The fourth-order valence-electron chi connectivity index (χ4n) is 3.30. The molecule has 4 aromatic rings. The van der Waals surface area contributed by atoms with Crippen LogP contribution in [0.25, 0.3) is 16.6 Å². The van der Waals surface area contributed by atoms with Crippen LogP contribution in [0.3, 0.4) is 0 Å². The molecule has 0 saturated heterocycles. The summed E-state index contributed by atoms with van der Waals surface area (Å²) in [6.45, 7) is 2.03. The molecule has 0 unspecified atom stereocenters. The molecular formula is C21H21N5O5S. The second-order valence-corrected chi connectivity index (χ2v) is 9.25. The van der Waals surface area contributed by atoms with Crippen LogP contribution in [0.2, 0.25) is 0 Å². The summed E-state index contributed by atoms with van der Waals surface area (Å²) in [4.78, 5) is 28.0. The van der Waals surface area contributed by atoms with Crippen LogP contribution in [-0.2, 0) is 10.0 Å². The molecule has 2 aromatic carbocycles. The molecule has 166 valence electrons. The Hall–Kier alpha value is -3.70. The lowest BCUT2D eigenvalue weighted by Crippen LogP contribution is -2.23. The smallest absolute Gasteiger partial charge is 0.261 e. The zero-order chi connectivity index (χ0) is 23.0. The fraction of sp³-hybridized carbons (Fsp3) is 0.190. The molecule has 0 aliphatic heterocycles. The van der Waals surface area contributed by atoms with Gasteiger partial charge in [0, 0.05) is 19.8 Å². The maximum atomic E-state index is 13.0. The third-order valence-corrected chi connectivity index (χ3v) is 6.72. The molecule has 4 rings (SSSR count). The van der Waals surface area contributed by atoms with Crippen molar-refractivity contribution in [2.75, 3.05) is 26.0 Å². The number of rotatable bonds is 6. The number of para-hydroxylation sites is 1. The van der Waals surface area contributed by atoms with Gasteiger partial charge in [-0.1, -0.05) is 12.1 Å². The van der Waals surface area contributed by atoms with E-state index in [1.807, 2.05) is 0 Å². The third-order valence-electron chi connectivity index (χ3n) is 4.88. The van der Waals surface area contributed by atoms with E-state index in [1.54, 1.807) is 37.3 Å². The highest BCUT2D eigenvalue weighted by molar-refractivity contribution is 7.89. The van der Waals surface area contributed by atoms with Gasteiger partial charge in [-0.3, -0.25) is 9.59 Å². The van der Waals surface area contributed by atoms with Gasteiger partial charge in [0.25, 0.3) is 11.5 Å². The maximum Gasteiger partial charge on any atom is 0.261 e. The molecule has 0 fully saturated rings. The quantitative estimate of drug-likeness (QED) is 0.458. The highest BCUT2D eigenvalue weighted by atomic mass is 32.2. The average Bonchev–Trinajstić information content (AvgIpc) is 3.19. The average molecular weight is 455 g/mol. The SMILES string of the molecule is CCOc1ccc(NC(=O)c2cnn3c2[nH]c(=O)c2ccccc23)cc1S(=O)(=O)N(C)C. The van der Waals surface area contributed by atoms with E-state index in [0.29, 0.717) is 10.9 Å². The van der Waals surface area contributed by atoms with Crippen molar-refractivity contribution in [2.45, 2.75) is 11.8 Å². The van der Waals surface area contributed by atoms with Gasteiger partial charge < -0.3 is 15.0 Å². The number of aromatic nitrogens is 3. The molecule has 2 N–H and O–H groups in total. The first-order chi connectivity index (χ1) is 15.2. The van der Waals surface area contributed by atoms with Crippen LogP contribution in [0.1, 0.15) is 17.3 Å². The predicted octanol–water partition coefficient (Wildman–Crippen LogP) is 2.08. The second kappa shape index (κ2) is 8.09. The van der Waals surface area contributed by atoms with Crippen molar-refractivity contribution >= 4 is 38.2 Å². The fourth-order valence-corrected chi connectivity index (χ4v) is 4.35. The molecule has 32 heavy (non-hydrogen) atoms. The van der Waals surface area contributed by atoms with Crippen LogP contribution in [0.15, 0.2) is 58.4 Å². The summed E-state index contributed by atoms with van der Waals surface area (Å²) in [7, 11) is -0.988. The third kappa shape index (κ3) is 3.61. The largest absolute Gasteiger partial charge is 0.492 e. The standard InChI is InChI=1S/C21H21N5O5S/c1-4-31-17-10-9-13(11-18(17)32(29,30)25(2)3)23-21(28)15-12-22-26-16-8-6-5-7-14(16)20(27)24-19(15)26/h5-12H,4H2,1-3H3,(H,23,28)(H,24,27). The minimum atomic E-state index is -3.81. The molecule has 0 radical (unpaired) electrons. The first-order valence-corrected chi connectivity index (χ1v) is 11.2. The van der Waals surface area contributed by atoms with Gasteiger partial charge in [-0.25, -0.2) is 17.2 Å². The lowest BCUT2D eigenvalue weighted by atomic mass is 10.2. The van der Waals surface area contributed by atoms with E-state index in [-0.39, 0.29) is 39.7 Å². The summed E-state index contributed by atoms with van der Waals surface area (Å²) in [5, 5.41) is 7.35. The number of ether oxygens (including phenoxy) is 1. The zero-order valence-corrected chi connectivity index (χ0v) is 18.4. The topological polar surface area (TPSA) is 126 Å². The van der Waals surface area contributed by atoms with E-state index in [2.05, 4.69) is 15.4 Å². The molecule has 0 bridgehead atoms. The highest BCUT2D eigenvalue weighted by Gasteiger charge is 2.24. The molecule has 0 spiro atoms. The number of hydrogen-bond donors (Lipinski definition) is 2. The van der Waals surface area contributed by atoms with Crippen molar-refractivity contribution in [3.8, 4) is 5.75 Å². The van der Waals surface area contributed by atoms with E-state index < -0.39 is 15.9 Å². The van der Waals surface area contributed by atoms with E-state index in [9.17, 15) is 18.0 Å². The second-order valence-electron chi connectivity index (χ2n) is 7.13. The van der Waals surface area contributed by atoms with Crippen LogP contribution in [-0.4, -0.2) is 53.9 Å². The summed E-state index contributed by atoms with van der Waals surface area (Å²) in [6, 6.07) is 11.3. The van der Waals surface area contributed by atoms with Crippen molar-refractivity contribution in [2.24, 2.45) is 0 Å². The Kier molecular flexibility index (Phi) is 5.45. The summed E-state index contributed by atoms with van der Waals surface area (Å²) >= 11 is 0. The Bertz CT molecular complexity index is 1500. The van der Waals surface area contributed by atoms with Crippen LogP contribution in [0.5, 0.6) is 5.75 Å². The molecule has 0 aliphatic rings. The maximum absolute atomic E-state index is 13.0. The first-order valence-electron chi connectivity index (χ1n) is 9.73. The van der Waals surface area contributed by atoms with Gasteiger partial charge in [-0.05, 0) is 37.3 Å².